The molecule has 1 N–H and O–H groups in total. The highest BCUT2D eigenvalue weighted by Gasteiger charge is 2.80. The Morgan fingerprint density at radius 2 is 1.36 bits per heavy atom. The van der Waals surface area contributed by atoms with Crippen LogP contribution in [0.5, 0.6) is 0 Å². The maximum Gasteiger partial charge on any atom is 0.422 e. The molecule has 0 amide bonds. The van der Waals surface area contributed by atoms with Crippen LogP contribution in [0.4, 0.5) is 39.5 Å². The average molecular weight is 500 g/mol. The molecule has 0 spiro atoms. The molecule has 2 atom stereocenters. The third kappa shape index (κ3) is 4.11. The molecule has 0 radical (unpaired) electrons. The van der Waals surface area contributed by atoms with Gasteiger partial charge in [-0.25, -0.2) is 9.59 Å². The fourth-order valence-corrected chi connectivity index (χ4v) is 5.56. The van der Waals surface area contributed by atoms with Gasteiger partial charge in [-0.1, -0.05) is 0 Å². The van der Waals surface area contributed by atoms with E-state index in [0.717, 1.165) is 0 Å². The van der Waals surface area contributed by atoms with Gasteiger partial charge >= 0.3 is 41.9 Å². The molecule has 0 aromatic rings. The normalized spacial score (nSPS) is 31.9. The standard InChI is InChI=1S/C18H17F9O6/c19-15(20,21)7-32-11(30)13-2-8-1-9(3-13)5-14(4-8,6-13)33-12(31)17(24,25)18(26,27)16(22,23)10(28)29/h8-9H,1-7H2,(H,28,29). The van der Waals surface area contributed by atoms with E-state index in [4.69, 9.17) is 5.11 Å². The summed E-state index contributed by atoms with van der Waals surface area (Å²) >= 11 is 0. The zero-order chi connectivity index (χ0) is 25.3. The molecule has 0 aliphatic heterocycles. The number of halogens is 9. The predicted molar refractivity (Wildman–Crippen MR) is 85.4 cm³/mol. The van der Waals surface area contributed by atoms with Gasteiger partial charge < -0.3 is 14.6 Å². The molecule has 4 aliphatic rings. The van der Waals surface area contributed by atoms with E-state index in [2.05, 4.69) is 9.47 Å². The van der Waals surface area contributed by atoms with Crippen LogP contribution in [-0.4, -0.2) is 59.2 Å². The fraction of sp³-hybridized carbons (Fsp3) is 0.833. The molecule has 6 nitrogen and oxygen atoms in total. The summed E-state index contributed by atoms with van der Waals surface area (Å²) < 4.78 is 128. The Kier molecular flexibility index (Phi) is 5.69. The number of carbonyl (C=O) groups is 3. The number of carbonyl (C=O) groups excluding carboxylic acids is 2. The molecule has 188 valence electrons. The molecule has 15 heteroatoms. The zero-order valence-corrected chi connectivity index (χ0v) is 16.5. The summed E-state index contributed by atoms with van der Waals surface area (Å²) in [4.78, 5) is 34.7. The van der Waals surface area contributed by atoms with Crippen molar-refractivity contribution in [2.75, 3.05) is 6.61 Å². The van der Waals surface area contributed by atoms with Gasteiger partial charge in [-0.2, -0.15) is 39.5 Å². The molecule has 0 aromatic heterocycles. The van der Waals surface area contributed by atoms with Crippen LogP contribution >= 0.6 is 0 Å². The van der Waals surface area contributed by atoms with Gasteiger partial charge in [-0.3, -0.25) is 4.79 Å². The van der Waals surface area contributed by atoms with Gasteiger partial charge in [0.25, 0.3) is 0 Å². The van der Waals surface area contributed by atoms with Crippen LogP contribution in [0, 0.1) is 17.3 Å². The van der Waals surface area contributed by atoms with Gasteiger partial charge in [-0.05, 0) is 43.9 Å². The van der Waals surface area contributed by atoms with Crippen molar-refractivity contribution in [2.45, 2.75) is 68.1 Å². The third-order valence-corrected chi connectivity index (χ3v) is 6.43. The lowest BCUT2D eigenvalue weighted by Gasteiger charge is -2.59. The molecule has 4 rings (SSSR count). The Bertz CT molecular complexity index is 839. The topological polar surface area (TPSA) is 89.9 Å². The predicted octanol–water partition coefficient (Wildman–Crippen LogP) is 3.96. The van der Waals surface area contributed by atoms with Crippen molar-refractivity contribution in [3.63, 3.8) is 0 Å². The van der Waals surface area contributed by atoms with E-state index in [1.165, 1.54) is 0 Å². The molecule has 0 heterocycles. The first-order valence-electron chi connectivity index (χ1n) is 9.61. The molecule has 4 bridgehead atoms. The van der Waals surface area contributed by atoms with E-state index in [9.17, 15) is 53.9 Å². The number of rotatable bonds is 7. The largest absolute Gasteiger partial charge is 0.477 e. The number of hydrogen-bond acceptors (Lipinski definition) is 5. The van der Waals surface area contributed by atoms with Crippen molar-refractivity contribution in [2.24, 2.45) is 17.3 Å². The van der Waals surface area contributed by atoms with Crippen LogP contribution in [0.3, 0.4) is 0 Å². The summed E-state index contributed by atoms with van der Waals surface area (Å²) in [5.74, 6) is -28.3. The number of esters is 2. The number of aliphatic carboxylic acids is 1. The highest BCUT2D eigenvalue weighted by molar-refractivity contribution is 5.84. The molecule has 4 aliphatic carbocycles. The summed E-state index contributed by atoms with van der Waals surface area (Å²) in [6.45, 7) is -1.93. The van der Waals surface area contributed by atoms with E-state index >= 15 is 0 Å². The van der Waals surface area contributed by atoms with Gasteiger partial charge in [0.1, 0.15) is 5.60 Å². The molecule has 4 fully saturated rings. The molecule has 2 unspecified atom stereocenters. The smallest absolute Gasteiger partial charge is 0.422 e. The molecule has 4 saturated carbocycles. The monoisotopic (exact) mass is 500 g/mol. The van der Waals surface area contributed by atoms with Crippen LogP contribution in [-0.2, 0) is 23.9 Å². The summed E-state index contributed by atoms with van der Waals surface area (Å²) in [6, 6.07) is 0. The minimum Gasteiger partial charge on any atom is -0.477 e. The maximum atomic E-state index is 14.1. The number of carboxylic acid groups (broad SMARTS) is 1. The van der Waals surface area contributed by atoms with Crippen molar-refractivity contribution >= 4 is 17.9 Å². The Morgan fingerprint density at radius 3 is 1.82 bits per heavy atom. The molecule has 33 heavy (non-hydrogen) atoms. The minimum atomic E-state index is -6.66. The van der Waals surface area contributed by atoms with E-state index in [-0.39, 0.29) is 25.7 Å². The number of carboxylic acids is 1. The highest BCUT2D eigenvalue weighted by atomic mass is 19.4. The third-order valence-electron chi connectivity index (χ3n) is 6.43. The first-order chi connectivity index (χ1) is 14.8. The Balaban J connectivity index is 1.84. The lowest BCUT2D eigenvalue weighted by atomic mass is 9.48. The second-order valence-electron chi connectivity index (χ2n) is 9.03. The first kappa shape index (κ1) is 25.4. The first-order valence-corrected chi connectivity index (χ1v) is 9.61. The summed E-state index contributed by atoms with van der Waals surface area (Å²) in [7, 11) is 0. The van der Waals surface area contributed by atoms with Crippen LogP contribution in [0.15, 0.2) is 0 Å². The van der Waals surface area contributed by atoms with Crippen molar-refractivity contribution in [1.29, 1.82) is 0 Å². The van der Waals surface area contributed by atoms with E-state index in [1.54, 1.807) is 0 Å². The maximum absolute atomic E-state index is 14.1. The summed E-state index contributed by atoms with van der Waals surface area (Å²) in [6.07, 6.45) is -5.51. The van der Waals surface area contributed by atoms with Crippen molar-refractivity contribution in [1.82, 2.24) is 0 Å². The summed E-state index contributed by atoms with van der Waals surface area (Å²) in [5, 5.41) is 8.18. The fourth-order valence-electron chi connectivity index (χ4n) is 5.56. The van der Waals surface area contributed by atoms with Gasteiger partial charge in [-0.15, -0.1) is 0 Å². The second kappa shape index (κ2) is 7.39. The van der Waals surface area contributed by atoms with E-state index in [0.29, 0.717) is 6.42 Å². The van der Waals surface area contributed by atoms with Crippen molar-refractivity contribution < 1.29 is 68.5 Å². The Morgan fingerprint density at radius 1 is 0.848 bits per heavy atom. The minimum absolute atomic E-state index is 0.0108. The Labute approximate surface area is 179 Å². The number of alkyl halides is 9. The lowest BCUT2D eigenvalue weighted by Crippen LogP contribution is -2.64. The molecular formula is C18H17F9O6. The highest BCUT2D eigenvalue weighted by Crippen LogP contribution is 2.63. The summed E-state index contributed by atoms with van der Waals surface area (Å²) in [5.41, 5.74) is -3.66. The molecule has 0 aromatic carbocycles. The quantitative estimate of drug-likeness (QED) is 0.421. The Hall–Kier alpha value is -2.22. The number of ether oxygens (including phenoxy) is 2. The van der Waals surface area contributed by atoms with Gasteiger partial charge in [0.15, 0.2) is 6.61 Å². The van der Waals surface area contributed by atoms with E-state index < -0.39 is 77.7 Å². The molecule has 0 saturated heterocycles. The van der Waals surface area contributed by atoms with E-state index in [1.807, 2.05) is 0 Å². The molecular weight excluding hydrogens is 483 g/mol. The van der Waals surface area contributed by atoms with Crippen LogP contribution in [0.1, 0.15) is 38.5 Å². The van der Waals surface area contributed by atoms with Gasteiger partial charge in [0.05, 0.1) is 5.41 Å². The van der Waals surface area contributed by atoms with Crippen LogP contribution in [0.25, 0.3) is 0 Å². The SMILES string of the molecule is O=C(OCC(F)(F)F)C12CC3CC(CC(OC(=O)C(F)(F)C(F)(F)C(F)(F)C(=O)O)(C3)C1)C2. The lowest BCUT2D eigenvalue weighted by molar-refractivity contribution is -0.306. The second-order valence-corrected chi connectivity index (χ2v) is 9.03. The average Bonchev–Trinajstić information content (AvgIpc) is 2.63. The van der Waals surface area contributed by atoms with Gasteiger partial charge in [0, 0.05) is 6.42 Å². The van der Waals surface area contributed by atoms with Crippen molar-refractivity contribution in [3.8, 4) is 0 Å². The number of hydrogen-bond donors (Lipinski definition) is 1. The zero-order valence-electron chi connectivity index (χ0n) is 16.5. The van der Waals surface area contributed by atoms with Crippen molar-refractivity contribution in [3.05, 3.63) is 0 Å². The van der Waals surface area contributed by atoms with Crippen LogP contribution < -0.4 is 0 Å². The van der Waals surface area contributed by atoms with Crippen LogP contribution in [0.2, 0.25) is 0 Å². The van der Waals surface area contributed by atoms with Gasteiger partial charge in [0.2, 0.25) is 0 Å².